The van der Waals surface area contributed by atoms with Gasteiger partial charge in [-0.3, -0.25) is 0 Å². The predicted octanol–water partition coefficient (Wildman–Crippen LogP) is 9.96. The molecule has 2 nitrogen and oxygen atoms in total. The summed E-state index contributed by atoms with van der Waals surface area (Å²) in [6.45, 7) is 9.34. The van der Waals surface area contributed by atoms with Crippen LogP contribution in [0.4, 0.5) is 0 Å². The Bertz CT molecular complexity index is 519. The number of hydrogen-bond acceptors (Lipinski definition) is 0. The van der Waals surface area contributed by atoms with Gasteiger partial charge in [0.2, 0.25) is 0 Å². The van der Waals surface area contributed by atoms with E-state index >= 15 is 0 Å². The summed E-state index contributed by atoms with van der Waals surface area (Å²) < 4.78 is 5.08. The monoisotopic (exact) mass is 461 g/mol. The molecule has 0 aromatic carbocycles. The molecule has 1 heterocycles. The average Bonchev–Trinajstić information content (AvgIpc) is 3.20. The lowest BCUT2D eigenvalue weighted by atomic mass is 10.0. The van der Waals surface area contributed by atoms with Crippen LogP contribution in [0.5, 0.6) is 0 Å². The molecule has 0 unspecified atom stereocenters. The molecular formula is C31H61N2+. The van der Waals surface area contributed by atoms with Gasteiger partial charge in [-0.1, -0.05) is 130 Å². The van der Waals surface area contributed by atoms with Crippen molar-refractivity contribution in [2.24, 2.45) is 0 Å². The van der Waals surface area contributed by atoms with Crippen molar-refractivity contribution < 1.29 is 4.57 Å². The highest BCUT2D eigenvalue weighted by Gasteiger charge is 2.15. The molecule has 0 spiro atoms. The maximum atomic E-state index is 2.55. The van der Waals surface area contributed by atoms with Gasteiger partial charge in [-0.2, -0.15) is 0 Å². The van der Waals surface area contributed by atoms with Crippen LogP contribution in [0.2, 0.25) is 0 Å². The number of rotatable bonds is 25. The summed E-state index contributed by atoms with van der Waals surface area (Å²) in [7, 11) is 0. The van der Waals surface area contributed by atoms with Crippen LogP contribution in [0.3, 0.4) is 0 Å². The first kappa shape index (κ1) is 30.2. The summed E-state index contributed by atoms with van der Waals surface area (Å²) in [5.74, 6) is 1.56. The minimum atomic E-state index is 1.21. The van der Waals surface area contributed by atoms with E-state index in [1.54, 1.807) is 5.82 Å². The van der Waals surface area contributed by atoms with Crippen molar-refractivity contribution in [2.45, 2.75) is 182 Å². The molecule has 0 saturated heterocycles. The molecule has 0 aliphatic heterocycles. The Morgan fingerprint density at radius 2 is 0.939 bits per heavy atom. The summed E-state index contributed by atoms with van der Waals surface area (Å²) in [6.07, 6.45) is 37.2. The second-order valence-corrected chi connectivity index (χ2v) is 10.6. The Balaban J connectivity index is 1.96. The van der Waals surface area contributed by atoms with E-state index in [-0.39, 0.29) is 0 Å². The molecule has 0 saturated carbocycles. The Kier molecular flexibility index (Phi) is 21.1. The van der Waals surface area contributed by atoms with Crippen molar-refractivity contribution in [2.75, 3.05) is 0 Å². The molecule has 0 aliphatic rings. The minimum absolute atomic E-state index is 1.21. The van der Waals surface area contributed by atoms with Crippen molar-refractivity contribution >= 4 is 0 Å². The fourth-order valence-corrected chi connectivity index (χ4v) is 5.13. The molecule has 0 N–H and O–H groups in total. The normalized spacial score (nSPS) is 11.5. The molecule has 0 amide bonds. The zero-order valence-corrected chi connectivity index (χ0v) is 23.2. The predicted molar refractivity (Wildman–Crippen MR) is 147 cm³/mol. The molecule has 33 heavy (non-hydrogen) atoms. The smallest absolute Gasteiger partial charge is 0.234 e. The highest BCUT2D eigenvalue weighted by atomic mass is 15.1. The number of hydrogen-bond donors (Lipinski definition) is 0. The van der Waals surface area contributed by atoms with Gasteiger partial charge >= 0.3 is 0 Å². The van der Waals surface area contributed by atoms with E-state index in [0.717, 1.165) is 0 Å². The van der Waals surface area contributed by atoms with Crippen molar-refractivity contribution in [1.29, 1.82) is 0 Å². The summed E-state index contributed by atoms with van der Waals surface area (Å²) >= 11 is 0. The van der Waals surface area contributed by atoms with Gasteiger partial charge in [-0.15, -0.1) is 0 Å². The van der Waals surface area contributed by atoms with Crippen molar-refractivity contribution in [3.05, 3.63) is 18.2 Å². The van der Waals surface area contributed by atoms with Crippen LogP contribution in [0.15, 0.2) is 12.4 Å². The zero-order valence-electron chi connectivity index (χ0n) is 23.2. The minimum Gasteiger partial charge on any atom is -0.234 e. The Morgan fingerprint density at radius 3 is 1.39 bits per heavy atom. The summed E-state index contributed by atoms with van der Waals surface area (Å²) in [5.41, 5.74) is 0. The van der Waals surface area contributed by atoms with E-state index in [0.29, 0.717) is 0 Å². The lowest BCUT2D eigenvalue weighted by Crippen LogP contribution is -2.37. The molecule has 194 valence electrons. The first-order chi connectivity index (χ1) is 16.3. The van der Waals surface area contributed by atoms with E-state index in [9.17, 15) is 0 Å². The molecule has 2 heteroatoms. The first-order valence-corrected chi connectivity index (χ1v) is 15.4. The van der Waals surface area contributed by atoms with Crippen molar-refractivity contribution in [3.63, 3.8) is 0 Å². The number of aryl methyl sites for hydroxylation is 2. The van der Waals surface area contributed by atoms with E-state index in [4.69, 9.17) is 0 Å². The van der Waals surface area contributed by atoms with Gasteiger partial charge in [-0.05, 0) is 32.1 Å². The fraction of sp³-hybridized carbons (Fsp3) is 0.903. The molecule has 0 bridgehead atoms. The Hall–Kier alpha value is -0.790. The van der Waals surface area contributed by atoms with Gasteiger partial charge in [0, 0.05) is 6.42 Å². The quantitative estimate of drug-likeness (QED) is 0.101. The molecular weight excluding hydrogens is 400 g/mol. The van der Waals surface area contributed by atoms with Gasteiger partial charge in [0.15, 0.2) is 0 Å². The zero-order chi connectivity index (χ0) is 23.8. The lowest BCUT2D eigenvalue weighted by molar-refractivity contribution is -0.704. The van der Waals surface area contributed by atoms with E-state index in [2.05, 4.69) is 42.3 Å². The van der Waals surface area contributed by atoms with Crippen LogP contribution in [0.1, 0.15) is 168 Å². The highest BCUT2D eigenvalue weighted by Crippen LogP contribution is 2.14. The number of imidazole rings is 1. The topological polar surface area (TPSA) is 8.81 Å². The van der Waals surface area contributed by atoms with Crippen LogP contribution in [0.25, 0.3) is 0 Å². The van der Waals surface area contributed by atoms with Crippen LogP contribution < -0.4 is 4.57 Å². The number of nitrogens with zero attached hydrogens (tertiary/aromatic N) is 2. The van der Waals surface area contributed by atoms with Gasteiger partial charge in [0.05, 0.1) is 13.1 Å². The molecule has 0 fully saturated rings. The van der Waals surface area contributed by atoms with Crippen LogP contribution in [-0.4, -0.2) is 4.57 Å². The van der Waals surface area contributed by atoms with E-state index in [1.807, 2.05) is 0 Å². The summed E-state index contributed by atoms with van der Waals surface area (Å²) in [6, 6.07) is 0. The molecule has 1 aromatic heterocycles. The molecule has 1 rings (SSSR count). The van der Waals surface area contributed by atoms with Gasteiger partial charge in [0.1, 0.15) is 12.4 Å². The Morgan fingerprint density at radius 1 is 0.515 bits per heavy atom. The maximum Gasteiger partial charge on any atom is 0.256 e. The third-order valence-corrected chi connectivity index (χ3v) is 7.32. The number of aromatic nitrogens is 2. The third kappa shape index (κ3) is 16.5. The van der Waals surface area contributed by atoms with Crippen molar-refractivity contribution in [3.8, 4) is 0 Å². The molecule has 1 aromatic rings. The van der Waals surface area contributed by atoms with Crippen LogP contribution in [-0.2, 0) is 19.5 Å². The van der Waals surface area contributed by atoms with Crippen LogP contribution in [0, 0.1) is 0 Å². The Labute approximate surface area is 208 Å². The molecule has 0 atom stereocenters. The maximum absolute atomic E-state index is 2.55. The SMILES string of the molecule is CCCCCCCCCCCCCCCCCCC[n+]1ccn(CCCCCC)c1CCC. The van der Waals surface area contributed by atoms with Gasteiger partial charge in [0.25, 0.3) is 5.82 Å². The van der Waals surface area contributed by atoms with Gasteiger partial charge < -0.3 is 0 Å². The largest absolute Gasteiger partial charge is 0.256 e. The highest BCUT2D eigenvalue weighted by molar-refractivity contribution is 4.84. The standard InChI is InChI=1S/C31H61N2/c1-4-7-9-11-12-13-14-15-16-17-18-19-20-21-22-23-25-28-33-30-29-32(31(33)26-6-3)27-24-10-8-5-2/h29-30H,4-28H2,1-3H3/q+1. The lowest BCUT2D eigenvalue weighted by Gasteiger charge is -2.05. The summed E-state index contributed by atoms with van der Waals surface area (Å²) in [5, 5.41) is 0. The van der Waals surface area contributed by atoms with Gasteiger partial charge in [-0.25, -0.2) is 9.13 Å². The first-order valence-electron chi connectivity index (χ1n) is 15.4. The molecule has 0 aliphatic carbocycles. The summed E-state index contributed by atoms with van der Waals surface area (Å²) in [4.78, 5) is 0. The van der Waals surface area contributed by atoms with Crippen molar-refractivity contribution in [1.82, 2.24) is 4.57 Å². The fourth-order valence-electron chi connectivity index (χ4n) is 5.13. The van der Waals surface area contributed by atoms with E-state index < -0.39 is 0 Å². The third-order valence-electron chi connectivity index (χ3n) is 7.32. The number of unbranched alkanes of at least 4 members (excludes halogenated alkanes) is 19. The average molecular weight is 462 g/mol. The second-order valence-electron chi connectivity index (χ2n) is 10.6. The molecule has 0 radical (unpaired) electrons. The van der Waals surface area contributed by atoms with E-state index in [1.165, 1.54) is 161 Å². The second kappa shape index (κ2) is 23.0. The van der Waals surface area contributed by atoms with Crippen LogP contribution >= 0.6 is 0 Å².